The van der Waals surface area contributed by atoms with Crippen LogP contribution in [0.3, 0.4) is 0 Å². The first-order valence-corrected chi connectivity index (χ1v) is 8.79. The molecule has 4 nitrogen and oxygen atoms in total. The summed E-state index contributed by atoms with van der Waals surface area (Å²) in [7, 11) is 0. The van der Waals surface area contributed by atoms with Gasteiger partial charge in [-0.05, 0) is 40.8 Å². The second kappa shape index (κ2) is 6.83. The lowest BCUT2D eigenvalue weighted by atomic mass is 10.1. The third kappa shape index (κ3) is 3.27. The van der Waals surface area contributed by atoms with Gasteiger partial charge in [-0.25, -0.2) is 0 Å². The number of nitrogens with zero attached hydrogens (tertiary/aromatic N) is 2. The molecule has 25 heavy (non-hydrogen) atoms. The molecule has 0 aliphatic carbocycles. The standard InChI is InChI=1S/C20H15N3OS/c24-20(23-17-7-1-5-15-6-3-10-22-18(15)17)19-16(8-11-25-19)12-14-4-2-9-21-13-14/h1-11,13H,12H2,(H,23,24). The zero-order chi connectivity index (χ0) is 17.1. The van der Waals surface area contributed by atoms with Crippen molar-refractivity contribution < 1.29 is 4.79 Å². The Morgan fingerprint density at radius 1 is 1.04 bits per heavy atom. The number of hydrogen-bond donors (Lipinski definition) is 1. The van der Waals surface area contributed by atoms with Crippen LogP contribution in [0.1, 0.15) is 20.8 Å². The van der Waals surface area contributed by atoms with Crippen LogP contribution < -0.4 is 5.32 Å². The Balaban J connectivity index is 1.61. The van der Waals surface area contributed by atoms with E-state index in [0.29, 0.717) is 6.42 Å². The van der Waals surface area contributed by atoms with E-state index >= 15 is 0 Å². The Bertz CT molecular complexity index is 1020. The Labute approximate surface area is 149 Å². The molecule has 3 aromatic heterocycles. The van der Waals surface area contributed by atoms with Crippen LogP contribution in [0.15, 0.2) is 72.5 Å². The van der Waals surface area contributed by atoms with E-state index in [2.05, 4.69) is 15.3 Å². The molecule has 0 saturated carbocycles. The van der Waals surface area contributed by atoms with Gasteiger partial charge in [0.15, 0.2) is 0 Å². The van der Waals surface area contributed by atoms with Gasteiger partial charge < -0.3 is 5.32 Å². The number of rotatable bonds is 4. The molecular formula is C20H15N3OS. The summed E-state index contributed by atoms with van der Waals surface area (Å²) in [6.07, 6.45) is 6.00. The highest BCUT2D eigenvalue weighted by atomic mass is 32.1. The summed E-state index contributed by atoms with van der Waals surface area (Å²) in [4.78, 5) is 22.0. The number of fused-ring (bicyclic) bond motifs is 1. The van der Waals surface area contributed by atoms with Gasteiger partial charge in [0.25, 0.3) is 5.91 Å². The maximum Gasteiger partial charge on any atom is 0.266 e. The highest BCUT2D eigenvalue weighted by Gasteiger charge is 2.15. The van der Waals surface area contributed by atoms with Crippen molar-refractivity contribution >= 4 is 33.8 Å². The highest BCUT2D eigenvalue weighted by molar-refractivity contribution is 7.12. The number of pyridine rings is 2. The maximum absolute atomic E-state index is 12.8. The molecule has 3 heterocycles. The van der Waals surface area contributed by atoms with Gasteiger partial charge in [0.1, 0.15) is 0 Å². The number of para-hydroxylation sites is 1. The average molecular weight is 345 g/mol. The Kier molecular flexibility index (Phi) is 4.23. The number of hydrogen-bond acceptors (Lipinski definition) is 4. The topological polar surface area (TPSA) is 54.9 Å². The van der Waals surface area contributed by atoms with Crippen LogP contribution in [-0.4, -0.2) is 15.9 Å². The van der Waals surface area contributed by atoms with E-state index in [9.17, 15) is 4.79 Å². The zero-order valence-electron chi connectivity index (χ0n) is 13.3. The molecule has 1 N–H and O–H groups in total. The molecule has 0 unspecified atom stereocenters. The number of carbonyl (C=O) groups is 1. The molecule has 1 aromatic carbocycles. The molecular weight excluding hydrogens is 330 g/mol. The first-order chi connectivity index (χ1) is 12.3. The van der Waals surface area contributed by atoms with Crippen molar-refractivity contribution in [3.05, 3.63) is 88.5 Å². The van der Waals surface area contributed by atoms with Crippen molar-refractivity contribution in [2.45, 2.75) is 6.42 Å². The van der Waals surface area contributed by atoms with Crippen molar-refractivity contribution in [3.8, 4) is 0 Å². The summed E-state index contributed by atoms with van der Waals surface area (Å²) in [6, 6.07) is 15.6. The predicted molar refractivity (Wildman–Crippen MR) is 101 cm³/mol. The lowest BCUT2D eigenvalue weighted by molar-refractivity contribution is 0.103. The van der Waals surface area contributed by atoms with Gasteiger partial charge in [-0.1, -0.05) is 24.3 Å². The largest absolute Gasteiger partial charge is 0.319 e. The number of nitrogens with one attached hydrogen (secondary N) is 1. The summed E-state index contributed by atoms with van der Waals surface area (Å²) in [5.41, 5.74) is 3.61. The van der Waals surface area contributed by atoms with Crippen LogP contribution in [0.4, 0.5) is 5.69 Å². The molecule has 0 radical (unpaired) electrons. The van der Waals surface area contributed by atoms with Crippen molar-refractivity contribution in [2.75, 3.05) is 5.32 Å². The van der Waals surface area contributed by atoms with Gasteiger partial charge >= 0.3 is 0 Å². The fourth-order valence-electron chi connectivity index (χ4n) is 2.78. The normalized spacial score (nSPS) is 10.7. The van der Waals surface area contributed by atoms with Gasteiger partial charge in [-0.2, -0.15) is 0 Å². The van der Waals surface area contributed by atoms with Gasteiger partial charge in [0.2, 0.25) is 0 Å². The van der Waals surface area contributed by atoms with Crippen molar-refractivity contribution in [1.82, 2.24) is 9.97 Å². The van der Waals surface area contributed by atoms with E-state index in [4.69, 9.17) is 0 Å². The van der Waals surface area contributed by atoms with Gasteiger partial charge in [-0.3, -0.25) is 14.8 Å². The van der Waals surface area contributed by atoms with Crippen molar-refractivity contribution in [3.63, 3.8) is 0 Å². The minimum absolute atomic E-state index is 0.105. The Hall–Kier alpha value is -3.05. The Morgan fingerprint density at radius 2 is 1.92 bits per heavy atom. The number of thiophene rings is 1. The van der Waals surface area contributed by atoms with Crippen LogP contribution in [0.2, 0.25) is 0 Å². The quantitative estimate of drug-likeness (QED) is 0.591. The van der Waals surface area contributed by atoms with Crippen molar-refractivity contribution in [2.24, 2.45) is 0 Å². The first kappa shape index (κ1) is 15.5. The summed E-state index contributed by atoms with van der Waals surface area (Å²) in [5.74, 6) is -0.105. The third-order valence-electron chi connectivity index (χ3n) is 3.95. The van der Waals surface area contributed by atoms with Crippen LogP contribution in [0.5, 0.6) is 0 Å². The molecule has 0 spiro atoms. The lowest BCUT2D eigenvalue weighted by Gasteiger charge is -2.08. The summed E-state index contributed by atoms with van der Waals surface area (Å²) < 4.78 is 0. The fraction of sp³-hybridized carbons (Fsp3) is 0.0500. The SMILES string of the molecule is O=C(Nc1cccc2cccnc12)c1sccc1Cc1cccnc1. The predicted octanol–water partition coefficient (Wildman–Crippen LogP) is 4.53. The maximum atomic E-state index is 12.8. The van der Waals surface area contributed by atoms with Crippen molar-refractivity contribution in [1.29, 1.82) is 0 Å². The van der Waals surface area contributed by atoms with E-state index in [-0.39, 0.29) is 5.91 Å². The van der Waals surface area contributed by atoms with E-state index in [1.807, 2.05) is 60.1 Å². The van der Waals surface area contributed by atoms with Gasteiger partial charge in [0, 0.05) is 30.4 Å². The minimum atomic E-state index is -0.105. The number of amides is 1. The zero-order valence-corrected chi connectivity index (χ0v) is 14.2. The van der Waals surface area contributed by atoms with Gasteiger partial charge in [0.05, 0.1) is 16.1 Å². The lowest BCUT2D eigenvalue weighted by Crippen LogP contribution is -2.12. The van der Waals surface area contributed by atoms with E-state index in [0.717, 1.165) is 32.6 Å². The minimum Gasteiger partial charge on any atom is -0.319 e. The molecule has 0 bridgehead atoms. The number of aromatic nitrogens is 2. The molecule has 0 atom stereocenters. The molecule has 0 fully saturated rings. The summed E-state index contributed by atoms with van der Waals surface area (Å²) in [5, 5.41) is 5.96. The van der Waals surface area contributed by atoms with Crippen LogP contribution in [0, 0.1) is 0 Å². The number of carbonyl (C=O) groups excluding carboxylic acids is 1. The van der Waals surface area contributed by atoms with Crippen LogP contribution in [0.25, 0.3) is 10.9 Å². The smallest absolute Gasteiger partial charge is 0.266 e. The highest BCUT2D eigenvalue weighted by Crippen LogP contribution is 2.24. The van der Waals surface area contributed by atoms with E-state index in [1.165, 1.54) is 11.3 Å². The second-order valence-electron chi connectivity index (χ2n) is 5.65. The summed E-state index contributed by atoms with van der Waals surface area (Å²) >= 11 is 1.45. The van der Waals surface area contributed by atoms with Crippen LogP contribution in [-0.2, 0) is 6.42 Å². The second-order valence-corrected chi connectivity index (χ2v) is 6.56. The number of anilines is 1. The molecule has 122 valence electrons. The molecule has 5 heteroatoms. The molecule has 1 amide bonds. The van der Waals surface area contributed by atoms with E-state index in [1.54, 1.807) is 12.4 Å². The monoisotopic (exact) mass is 345 g/mol. The molecule has 0 aliphatic rings. The molecule has 4 aromatic rings. The molecule has 0 aliphatic heterocycles. The average Bonchev–Trinajstić information content (AvgIpc) is 3.11. The Morgan fingerprint density at radius 3 is 2.80 bits per heavy atom. The molecule has 0 saturated heterocycles. The van der Waals surface area contributed by atoms with E-state index < -0.39 is 0 Å². The van der Waals surface area contributed by atoms with Gasteiger partial charge in [-0.15, -0.1) is 11.3 Å². The first-order valence-electron chi connectivity index (χ1n) is 7.91. The molecule has 4 rings (SSSR count). The third-order valence-corrected chi connectivity index (χ3v) is 4.91. The fourth-order valence-corrected chi connectivity index (χ4v) is 3.60. The summed E-state index contributed by atoms with van der Waals surface area (Å²) in [6.45, 7) is 0. The number of benzene rings is 1. The van der Waals surface area contributed by atoms with Crippen LogP contribution >= 0.6 is 11.3 Å².